The van der Waals surface area contributed by atoms with Crippen LogP contribution in [0.2, 0.25) is 0 Å². The molecule has 0 saturated carbocycles. The van der Waals surface area contributed by atoms with E-state index in [-0.39, 0.29) is 17.4 Å². The third kappa shape index (κ3) is 3.57. The highest BCUT2D eigenvalue weighted by molar-refractivity contribution is 5.92. The molecular weight excluding hydrogens is 246 g/mol. The van der Waals surface area contributed by atoms with E-state index in [1.807, 2.05) is 6.92 Å². The number of hydrogen-bond acceptors (Lipinski definition) is 5. The number of nitrogens with two attached hydrogens (primary N) is 2. The number of rotatable bonds is 5. The van der Waals surface area contributed by atoms with Crippen molar-refractivity contribution >= 4 is 23.3 Å². The number of nitrogens with zero attached hydrogens (tertiary/aromatic N) is 2. The first kappa shape index (κ1) is 14.7. The minimum Gasteiger partial charge on any atom is -0.396 e. The van der Waals surface area contributed by atoms with E-state index in [9.17, 15) is 9.59 Å². The molecule has 0 spiro atoms. The van der Waals surface area contributed by atoms with E-state index in [4.69, 9.17) is 11.5 Å². The summed E-state index contributed by atoms with van der Waals surface area (Å²) in [5, 5.41) is 2.89. The second-order valence-corrected chi connectivity index (χ2v) is 4.22. The quantitative estimate of drug-likeness (QED) is 0.695. The summed E-state index contributed by atoms with van der Waals surface area (Å²) in [7, 11) is 1.71. The number of pyridine rings is 1. The molecule has 1 atom stereocenters. The zero-order valence-electron chi connectivity index (χ0n) is 11.3. The number of aromatic nitrogens is 1. The van der Waals surface area contributed by atoms with Crippen molar-refractivity contribution in [1.82, 2.24) is 9.88 Å². The molecule has 5 N–H and O–H groups in total. The second kappa shape index (κ2) is 6.03. The number of primary amides is 1. The van der Waals surface area contributed by atoms with Gasteiger partial charge in [-0.3, -0.25) is 9.59 Å². The Bertz CT molecular complexity index is 489. The van der Waals surface area contributed by atoms with Crippen LogP contribution in [0.1, 0.15) is 24.3 Å². The van der Waals surface area contributed by atoms with Crippen molar-refractivity contribution in [2.45, 2.75) is 19.9 Å². The first-order chi connectivity index (χ1) is 8.86. The summed E-state index contributed by atoms with van der Waals surface area (Å²) in [6.45, 7) is 4.19. The smallest absolute Gasteiger partial charge is 0.267 e. The van der Waals surface area contributed by atoms with Gasteiger partial charge in [-0.15, -0.1) is 0 Å². The van der Waals surface area contributed by atoms with Crippen molar-refractivity contribution in [3.63, 3.8) is 0 Å². The molecule has 2 amide bonds. The van der Waals surface area contributed by atoms with Crippen molar-refractivity contribution in [2.24, 2.45) is 5.73 Å². The third-order valence-corrected chi connectivity index (χ3v) is 2.75. The molecule has 1 unspecified atom stereocenters. The van der Waals surface area contributed by atoms with E-state index in [1.54, 1.807) is 18.9 Å². The maximum atomic E-state index is 11.9. The van der Waals surface area contributed by atoms with Gasteiger partial charge >= 0.3 is 0 Å². The minimum absolute atomic E-state index is 0.0896. The molecule has 0 saturated heterocycles. The molecule has 0 bridgehead atoms. The normalized spacial score (nSPS) is 11.7. The standard InChI is InChI=1S/C12H19N5O2/c1-4-17(3)12(19)7(2)15-11-8(13)5-6-9(16-11)10(14)18/h5-7H,4,13H2,1-3H3,(H2,14,18)(H,15,16). The SMILES string of the molecule is CCN(C)C(=O)C(C)Nc1nc(C(N)=O)ccc1N. The maximum Gasteiger partial charge on any atom is 0.267 e. The van der Waals surface area contributed by atoms with Crippen LogP contribution in [0.15, 0.2) is 12.1 Å². The summed E-state index contributed by atoms with van der Waals surface area (Å²) in [5.41, 5.74) is 11.3. The van der Waals surface area contributed by atoms with Gasteiger partial charge in [0.05, 0.1) is 5.69 Å². The fourth-order valence-corrected chi connectivity index (χ4v) is 1.48. The number of carbonyl (C=O) groups is 2. The number of likely N-dealkylation sites (N-methyl/N-ethyl adjacent to an activating group) is 1. The molecule has 0 aromatic carbocycles. The molecule has 0 aliphatic heterocycles. The molecule has 7 heteroatoms. The Kier molecular flexibility index (Phi) is 4.68. The number of amides is 2. The Morgan fingerprint density at radius 2 is 2.11 bits per heavy atom. The average Bonchev–Trinajstić information content (AvgIpc) is 2.38. The summed E-state index contributed by atoms with van der Waals surface area (Å²) < 4.78 is 0. The van der Waals surface area contributed by atoms with Crippen LogP contribution in [0.4, 0.5) is 11.5 Å². The Labute approximate surface area is 112 Å². The third-order valence-electron chi connectivity index (χ3n) is 2.75. The van der Waals surface area contributed by atoms with Gasteiger partial charge < -0.3 is 21.7 Å². The van der Waals surface area contributed by atoms with Gasteiger partial charge in [-0.25, -0.2) is 4.98 Å². The summed E-state index contributed by atoms with van der Waals surface area (Å²) in [6.07, 6.45) is 0. The van der Waals surface area contributed by atoms with Gasteiger partial charge in [0.15, 0.2) is 5.82 Å². The van der Waals surface area contributed by atoms with E-state index < -0.39 is 11.9 Å². The van der Waals surface area contributed by atoms with Gasteiger partial charge in [0.1, 0.15) is 11.7 Å². The predicted octanol–water partition coefficient (Wildman–Crippen LogP) is 0.0414. The monoisotopic (exact) mass is 265 g/mol. The average molecular weight is 265 g/mol. The first-order valence-corrected chi connectivity index (χ1v) is 5.94. The lowest BCUT2D eigenvalue weighted by molar-refractivity contribution is -0.130. The van der Waals surface area contributed by atoms with Crippen molar-refractivity contribution in [1.29, 1.82) is 0 Å². The number of hydrogen-bond donors (Lipinski definition) is 3. The highest BCUT2D eigenvalue weighted by Gasteiger charge is 2.18. The number of anilines is 2. The van der Waals surface area contributed by atoms with Crippen molar-refractivity contribution in [3.8, 4) is 0 Å². The first-order valence-electron chi connectivity index (χ1n) is 5.94. The summed E-state index contributed by atoms with van der Waals surface area (Å²) >= 11 is 0. The van der Waals surface area contributed by atoms with Crippen LogP contribution in [-0.4, -0.2) is 41.3 Å². The highest BCUT2D eigenvalue weighted by atomic mass is 16.2. The molecule has 1 heterocycles. The van der Waals surface area contributed by atoms with Crippen LogP contribution >= 0.6 is 0 Å². The Balaban J connectivity index is 2.90. The highest BCUT2D eigenvalue weighted by Crippen LogP contribution is 2.17. The van der Waals surface area contributed by atoms with E-state index in [0.29, 0.717) is 12.2 Å². The molecule has 7 nitrogen and oxygen atoms in total. The lowest BCUT2D eigenvalue weighted by atomic mass is 10.2. The Morgan fingerprint density at radius 1 is 1.47 bits per heavy atom. The minimum atomic E-state index is -0.646. The molecule has 0 radical (unpaired) electrons. The van der Waals surface area contributed by atoms with Crippen LogP contribution in [-0.2, 0) is 4.79 Å². The van der Waals surface area contributed by atoms with Crippen LogP contribution in [0, 0.1) is 0 Å². The van der Waals surface area contributed by atoms with E-state index in [2.05, 4.69) is 10.3 Å². The second-order valence-electron chi connectivity index (χ2n) is 4.22. The van der Waals surface area contributed by atoms with E-state index in [0.717, 1.165) is 0 Å². The number of carbonyl (C=O) groups excluding carboxylic acids is 2. The lowest BCUT2D eigenvalue weighted by Crippen LogP contribution is -2.39. The fraction of sp³-hybridized carbons (Fsp3) is 0.417. The molecule has 0 aliphatic carbocycles. The van der Waals surface area contributed by atoms with Gasteiger partial charge in [0, 0.05) is 13.6 Å². The summed E-state index contributed by atoms with van der Waals surface area (Å²) in [6, 6.07) is 2.46. The molecule has 0 fully saturated rings. The van der Waals surface area contributed by atoms with Gasteiger partial charge in [-0.2, -0.15) is 0 Å². The summed E-state index contributed by atoms with van der Waals surface area (Å²) in [4.78, 5) is 28.5. The summed E-state index contributed by atoms with van der Waals surface area (Å²) in [5.74, 6) is -0.456. The van der Waals surface area contributed by atoms with Gasteiger partial charge in [0.2, 0.25) is 5.91 Å². The molecular formula is C12H19N5O2. The van der Waals surface area contributed by atoms with Crippen molar-refractivity contribution < 1.29 is 9.59 Å². The molecule has 1 aromatic heterocycles. The molecule has 19 heavy (non-hydrogen) atoms. The largest absolute Gasteiger partial charge is 0.396 e. The maximum absolute atomic E-state index is 11.9. The topological polar surface area (TPSA) is 114 Å². The molecule has 1 rings (SSSR count). The zero-order valence-corrected chi connectivity index (χ0v) is 11.3. The van der Waals surface area contributed by atoms with Gasteiger partial charge in [-0.1, -0.05) is 0 Å². The van der Waals surface area contributed by atoms with E-state index >= 15 is 0 Å². The molecule has 104 valence electrons. The Morgan fingerprint density at radius 3 is 2.63 bits per heavy atom. The number of nitrogens with one attached hydrogen (secondary N) is 1. The van der Waals surface area contributed by atoms with Crippen LogP contribution < -0.4 is 16.8 Å². The predicted molar refractivity (Wildman–Crippen MR) is 73.6 cm³/mol. The lowest BCUT2D eigenvalue weighted by Gasteiger charge is -2.21. The van der Waals surface area contributed by atoms with Crippen LogP contribution in [0.25, 0.3) is 0 Å². The fourth-order valence-electron chi connectivity index (χ4n) is 1.48. The van der Waals surface area contributed by atoms with Crippen LogP contribution in [0.5, 0.6) is 0 Å². The Hall–Kier alpha value is -2.31. The van der Waals surface area contributed by atoms with Gasteiger partial charge in [-0.05, 0) is 26.0 Å². The molecule has 1 aromatic rings. The van der Waals surface area contributed by atoms with Crippen molar-refractivity contribution in [2.75, 3.05) is 24.6 Å². The van der Waals surface area contributed by atoms with Crippen molar-refractivity contribution in [3.05, 3.63) is 17.8 Å². The van der Waals surface area contributed by atoms with Gasteiger partial charge in [0.25, 0.3) is 5.91 Å². The van der Waals surface area contributed by atoms with E-state index in [1.165, 1.54) is 12.1 Å². The number of nitrogen functional groups attached to an aromatic ring is 1. The van der Waals surface area contributed by atoms with Crippen LogP contribution in [0.3, 0.4) is 0 Å². The molecule has 0 aliphatic rings. The zero-order chi connectivity index (χ0) is 14.6.